The van der Waals surface area contributed by atoms with Crippen LogP contribution in [0, 0.1) is 17.5 Å². The summed E-state index contributed by atoms with van der Waals surface area (Å²) in [5.74, 6) is -5.46. The van der Waals surface area contributed by atoms with E-state index in [1.807, 2.05) is 7.05 Å². The second-order valence-corrected chi connectivity index (χ2v) is 6.40. The standard InChI is InChI=1S/C18H18F3N3O2/c1-24-6-4-11(5-7-24)23-18(26)14-8-10(9-22-14)17(25)15-12(19)2-3-13(20)16(15)21/h2-3,8-9,11,22H,4-7H2,1H3,(H,23,26). The summed E-state index contributed by atoms with van der Waals surface area (Å²) in [6.07, 6.45) is 2.80. The van der Waals surface area contributed by atoms with Crippen LogP contribution in [-0.2, 0) is 0 Å². The van der Waals surface area contributed by atoms with Crippen molar-refractivity contribution in [1.29, 1.82) is 0 Å². The van der Waals surface area contributed by atoms with Crippen LogP contribution in [0.4, 0.5) is 13.2 Å². The van der Waals surface area contributed by atoms with Crippen molar-refractivity contribution in [1.82, 2.24) is 15.2 Å². The summed E-state index contributed by atoms with van der Waals surface area (Å²) in [5, 5.41) is 2.86. The molecule has 8 heteroatoms. The Kier molecular flexibility index (Phi) is 5.13. The van der Waals surface area contributed by atoms with Gasteiger partial charge in [0.25, 0.3) is 5.91 Å². The molecule has 26 heavy (non-hydrogen) atoms. The smallest absolute Gasteiger partial charge is 0.267 e. The van der Waals surface area contributed by atoms with E-state index in [0.717, 1.165) is 25.9 Å². The molecule has 0 aliphatic carbocycles. The van der Waals surface area contributed by atoms with Crippen LogP contribution in [0.1, 0.15) is 39.3 Å². The van der Waals surface area contributed by atoms with Crippen molar-refractivity contribution in [3.63, 3.8) is 0 Å². The van der Waals surface area contributed by atoms with Gasteiger partial charge in [-0.05, 0) is 51.2 Å². The van der Waals surface area contributed by atoms with Crippen LogP contribution in [0.3, 0.4) is 0 Å². The number of carbonyl (C=O) groups is 2. The van der Waals surface area contributed by atoms with Gasteiger partial charge in [-0.25, -0.2) is 13.2 Å². The fourth-order valence-electron chi connectivity index (χ4n) is 2.95. The van der Waals surface area contributed by atoms with Crippen LogP contribution in [0.5, 0.6) is 0 Å². The second-order valence-electron chi connectivity index (χ2n) is 6.40. The zero-order valence-electron chi connectivity index (χ0n) is 14.1. The zero-order chi connectivity index (χ0) is 18.8. The van der Waals surface area contributed by atoms with Crippen molar-refractivity contribution in [3.8, 4) is 0 Å². The van der Waals surface area contributed by atoms with Crippen molar-refractivity contribution in [2.45, 2.75) is 18.9 Å². The highest BCUT2D eigenvalue weighted by molar-refractivity contribution is 6.10. The van der Waals surface area contributed by atoms with Gasteiger partial charge < -0.3 is 15.2 Å². The van der Waals surface area contributed by atoms with Crippen molar-refractivity contribution < 1.29 is 22.8 Å². The SMILES string of the molecule is CN1CCC(NC(=O)c2cc(C(=O)c3c(F)ccc(F)c3F)c[nH]2)CC1. The molecule has 5 nitrogen and oxygen atoms in total. The van der Waals surface area contributed by atoms with Gasteiger partial charge in [0.05, 0.1) is 5.56 Å². The maximum Gasteiger partial charge on any atom is 0.267 e. The van der Waals surface area contributed by atoms with Gasteiger partial charge in [-0.3, -0.25) is 9.59 Å². The van der Waals surface area contributed by atoms with Crippen LogP contribution in [-0.4, -0.2) is 47.8 Å². The topological polar surface area (TPSA) is 65.2 Å². The maximum absolute atomic E-state index is 13.8. The summed E-state index contributed by atoms with van der Waals surface area (Å²) in [4.78, 5) is 29.4. The molecule has 0 radical (unpaired) electrons. The van der Waals surface area contributed by atoms with Gasteiger partial charge in [-0.2, -0.15) is 0 Å². The number of piperidine rings is 1. The van der Waals surface area contributed by atoms with E-state index in [9.17, 15) is 22.8 Å². The molecule has 2 N–H and O–H groups in total. The molecule has 0 unspecified atom stereocenters. The van der Waals surface area contributed by atoms with Crippen molar-refractivity contribution in [3.05, 3.63) is 58.7 Å². The highest BCUT2D eigenvalue weighted by Crippen LogP contribution is 2.20. The number of ketones is 1. The molecular weight excluding hydrogens is 347 g/mol. The van der Waals surface area contributed by atoms with Gasteiger partial charge >= 0.3 is 0 Å². The van der Waals surface area contributed by atoms with E-state index in [4.69, 9.17) is 0 Å². The van der Waals surface area contributed by atoms with E-state index in [1.165, 1.54) is 12.3 Å². The van der Waals surface area contributed by atoms with E-state index in [1.54, 1.807) is 0 Å². The molecule has 1 aliphatic heterocycles. The Bertz CT molecular complexity index is 842. The number of carbonyl (C=O) groups excluding carboxylic acids is 2. The highest BCUT2D eigenvalue weighted by atomic mass is 19.2. The first-order valence-electron chi connectivity index (χ1n) is 8.23. The molecule has 0 spiro atoms. The molecule has 2 aromatic rings. The molecule has 1 saturated heterocycles. The largest absolute Gasteiger partial charge is 0.356 e. The van der Waals surface area contributed by atoms with Gasteiger partial charge in [0.2, 0.25) is 5.78 Å². The fourth-order valence-corrected chi connectivity index (χ4v) is 2.95. The number of aromatic nitrogens is 1. The molecule has 2 heterocycles. The lowest BCUT2D eigenvalue weighted by molar-refractivity contribution is 0.0912. The number of hydrogen-bond acceptors (Lipinski definition) is 3. The Labute approximate surface area is 148 Å². The van der Waals surface area contributed by atoms with E-state index in [-0.39, 0.29) is 17.3 Å². The third kappa shape index (κ3) is 3.65. The zero-order valence-corrected chi connectivity index (χ0v) is 14.1. The molecule has 1 aromatic heterocycles. The van der Waals surface area contributed by atoms with Crippen LogP contribution < -0.4 is 5.32 Å². The van der Waals surface area contributed by atoms with Gasteiger partial charge in [0.1, 0.15) is 11.5 Å². The number of halogens is 3. The van der Waals surface area contributed by atoms with Crippen molar-refractivity contribution >= 4 is 11.7 Å². The van der Waals surface area contributed by atoms with Gasteiger partial charge in [0, 0.05) is 17.8 Å². The molecule has 3 rings (SSSR count). The monoisotopic (exact) mass is 365 g/mol. The molecule has 0 bridgehead atoms. The Morgan fingerprint density at radius 2 is 1.81 bits per heavy atom. The maximum atomic E-state index is 13.8. The van der Waals surface area contributed by atoms with Crippen LogP contribution in [0.2, 0.25) is 0 Å². The number of nitrogens with zero attached hydrogens (tertiary/aromatic N) is 1. The molecule has 0 atom stereocenters. The average molecular weight is 365 g/mol. The number of nitrogens with one attached hydrogen (secondary N) is 2. The Balaban J connectivity index is 1.74. The fraction of sp³-hybridized carbons (Fsp3) is 0.333. The number of likely N-dealkylation sites (tertiary alicyclic amines) is 1. The first-order chi connectivity index (χ1) is 12.4. The van der Waals surface area contributed by atoms with Crippen molar-refractivity contribution in [2.24, 2.45) is 0 Å². The summed E-state index contributed by atoms with van der Waals surface area (Å²) in [5.41, 5.74) is -1.00. The van der Waals surface area contributed by atoms with Gasteiger partial charge in [0.15, 0.2) is 11.6 Å². The summed E-state index contributed by atoms with van der Waals surface area (Å²) < 4.78 is 40.8. The second kappa shape index (κ2) is 7.33. The predicted octanol–water partition coefficient (Wildman–Crippen LogP) is 2.49. The number of benzene rings is 1. The summed E-state index contributed by atoms with van der Waals surface area (Å²) >= 11 is 0. The number of rotatable bonds is 4. The molecule has 1 amide bonds. The quantitative estimate of drug-likeness (QED) is 0.646. The Morgan fingerprint density at radius 3 is 2.50 bits per heavy atom. The summed E-state index contributed by atoms with van der Waals surface area (Å²) in [7, 11) is 2.01. The lowest BCUT2D eigenvalue weighted by atomic mass is 10.0. The number of hydrogen-bond donors (Lipinski definition) is 2. The van der Waals surface area contributed by atoms with Crippen LogP contribution in [0.25, 0.3) is 0 Å². The lowest BCUT2D eigenvalue weighted by Crippen LogP contribution is -2.43. The average Bonchev–Trinajstić information content (AvgIpc) is 3.11. The first-order valence-corrected chi connectivity index (χ1v) is 8.23. The summed E-state index contributed by atoms with van der Waals surface area (Å²) in [6.45, 7) is 1.75. The lowest BCUT2D eigenvalue weighted by Gasteiger charge is -2.29. The molecule has 1 aromatic carbocycles. The minimum atomic E-state index is -1.55. The predicted molar refractivity (Wildman–Crippen MR) is 88.5 cm³/mol. The van der Waals surface area contributed by atoms with Gasteiger partial charge in [-0.1, -0.05) is 0 Å². The van der Waals surface area contributed by atoms with E-state index < -0.39 is 34.7 Å². The van der Waals surface area contributed by atoms with Crippen molar-refractivity contribution in [2.75, 3.05) is 20.1 Å². The number of H-pyrrole nitrogens is 1. The van der Waals surface area contributed by atoms with E-state index in [0.29, 0.717) is 12.1 Å². The van der Waals surface area contributed by atoms with Crippen LogP contribution in [0.15, 0.2) is 24.4 Å². The van der Waals surface area contributed by atoms with E-state index in [2.05, 4.69) is 15.2 Å². The molecule has 1 aliphatic rings. The molecule has 1 fully saturated rings. The Morgan fingerprint density at radius 1 is 1.15 bits per heavy atom. The third-order valence-electron chi connectivity index (χ3n) is 4.51. The normalized spacial score (nSPS) is 15.8. The van der Waals surface area contributed by atoms with Gasteiger partial charge in [-0.15, -0.1) is 0 Å². The minimum absolute atomic E-state index is 0.0271. The molecular formula is C18H18F3N3O2. The number of aromatic amines is 1. The van der Waals surface area contributed by atoms with Crippen LogP contribution >= 0.6 is 0 Å². The molecule has 138 valence electrons. The minimum Gasteiger partial charge on any atom is -0.356 e. The third-order valence-corrected chi connectivity index (χ3v) is 4.51. The molecule has 0 saturated carbocycles. The number of amides is 1. The Hall–Kier alpha value is -2.61. The first kappa shape index (κ1) is 18.2. The summed E-state index contributed by atoms with van der Waals surface area (Å²) in [6, 6.07) is 2.53. The highest BCUT2D eigenvalue weighted by Gasteiger charge is 2.24. The van der Waals surface area contributed by atoms with E-state index >= 15 is 0 Å².